The van der Waals surface area contributed by atoms with Crippen LogP contribution in [0.3, 0.4) is 0 Å². The highest BCUT2D eigenvalue weighted by atomic mass is 35.5. The molecule has 100 valence electrons. The summed E-state index contributed by atoms with van der Waals surface area (Å²) in [5.74, 6) is 0. The lowest BCUT2D eigenvalue weighted by molar-refractivity contribution is 0.0604. The summed E-state index contributed by atoms with van der Waals surface area (Å²) in [4.78, 5) is 0.255. The highest BCUT2D eigenvalue weighted by molar-refractivity contribution is 7.89. The normalized spacial score (nSPS) is 19.0. The molecule has 0 bridgehead atoms. The van der Waals surface area contributed by atoms with E-state index in [-0.39, 0.29) is 11.0 Å². The van der Waals surface area contributed by atoms with Gasteiger partial charge in [-0.25, -0.2) is 8.42 Å². The van der Waals surface area contributed by atoms with Crippen LogP contribution in [-0.4, -0.2) is 39.0 Å². The monoisotopic (exact) mass is 289 g/mol. The zero-order valence-electron chi connectivity index (χ0n) is 10.2. The first-order chi connectivity index (χ1) is 8.54. The van der Waals surface area contributed by atoms with Crippen molar-refractivity contribution in [2.75, 3.05) is 20.2 Å². The fraction of sp³-hybridized carbons (Fsp3) is 0.500. The summed E-state index contributed by atoms with van der Waals surface area (Å²) in [7, 11) is -1.76. The van der Waals surface area contributed by atoms with Crippen LogP contribution in [0.1, 0.15) is 12.8 Å². The van der Waals surface area contributed by atoms with Crippen LogP contribution in [-0.2, 0) is 14.8 Å². The van der Waals surface area contributed by atoms with E-state index in [2.05, 4.69) is 0 Å². The van der Waals surface area contributed by atoms with Crippen LogP contribution in [0.25, 0.3) is 0 Å². The van der Waals surface area contributed by atoms with E-state index < -0.39 is 10.0 Å². The minimum Gasteiger partial charge on any atom is -0.381 e. The van der Waals surface area contributed by atoms with Gasteiger partial charge < -0.3 is 4.74 Å². The molecule has 1 aliphatic heterocycles. The topological polar surface area (TPSA) is 46.6 Å². The molecule has 1 aromatic rings. The number of halogens is 1. The standard InChI is InChI=1S/C12H16ClNO3S/c1-17-11-5-7-14(8-6-11)18(15,16)12-4-2-3-10(13)9-12/h2-4,9,11H,5-8H2,1H3. The Labute approximate surface area is 113 Å². The first kappa shape index (κ1) is 13.8. The fourth-order valence-corrected chi connectivity index (χ4v) is 3.86. The molecular weight excluding hydrogens is 274 g/mol. The molecule has 0 aliphatic carbocycles. The van der Waals surface area contributed by atoms with E-state index in [9.17, 15) is 8.42 Å². The average Bonchev–Trinajstić information content (AvgIpc) is 2.39. The Morgan fingerprint density at radius 1 is 1.33 bits per heavy atom. The van der Waals surface area contributed by atoms with Gasteiger partial charge in [-0.3, -0.25) is 0 Å². The maximum absolute atomic E-state index is 12.4. The van der Waals surface area contributed by atoms with Gasteiger partial charge in [0, 0.05) is 25.2 Å². The molecule has 0 amide bonds. The number of methoxy groups -OCH3 is 1. The van der Waals surface area contributed by atoms with Gasteiger partial charge in [-0.1, -0.05) is 17.7 Å². The first-order valence-corrected chi connectivity index (χ1v) is 7.64. The Balaban J connectivity index is 2.17. The van der Waals surface area contributed by atoms with Crippen molar-refractivity contribution >= 4 is 21.6 Å². The molecule has 0 unspecified atom stereocenters. The van der Waals surface area contributed by atoms with Crippen LogP contribution in [0.4, 0.5) is 0 Å². The fourth-order valence-electron chi connectivity index (χ4n) is 2.08. The second-order valence-electron chi connectivity index (χ2n) is 4.30. The second kappa shape index (κ2) is 5.57. The Morgan fingerprint density at radius 2 is 2.00 bits per heavy atom. The quantitative estimate of drug-likeness (QED) is 0.856. The number of ether oxygens (including phenoxy) is 1. The largest absolute Gasteiger partial charge is 0.381 e. The molecule has 1 fully saturated rings. The molecule has 0 radical (unpaired) electrons. The molecule has 0 aromatic heterocycles. The zero-order chi connectivity index (χ0) is 13.2. The summed E-state index contributed by atoms with van der Waals surface area (Å²) in [6.45, 7) is 0.987. The molecule has 1 heterocycles. The van der Waals surface area contributed by atoms with Gasteiger partial charge in [-0.2, -0.15) is 4.31 Å². The molecule has 6 heteroatoms. The van der Waals surface area contributed by atoms with Crippen molar-refractivity contribution in [2.24, 2.45) is 0 Å². The van der Waals surface area contributed by atoms with Gasteiger partial charge in [0.25, 0.3) is 0 Å². The molecule has 2 rings (SSSR count). The summed E-state index contributed by atoms with van der Waals surface area (Å²) < 4.78 is 31.5. The molecule has 18 heavy (non-hydrogen) atoms. The maximum atomic E-state index is 12.4. The third kappa shape index (κ3) is 2.85. The van der Waals surface area contributed by atoms with E-state index >= 15 is 0 Å². The SMILES string of the molecule is COC1CCN(S(=O)(=O)c2cccc(Cl)c2)CC1. The van der Waals surface area contributed by atoms with Crippen LogP contribution in [0.15, 0.2) is 29.2 Å². The third-order valence-corrected chi connectivity index (χ3v) is 5.30. The Morgan fingerprint density at radius 3 is 2.56 bits per heavy atom. The molecule has 1 aromatic carbocycles. The van der Waals surface area contributed by atoms with Crippen molar-refractivity contribution in [1.29, 1.82) is 0 Å². The lowest BCUT2D eigenvalue weighted by Crippen LogP contribution is -2.40. The molecule has 1 aliphatic rings. The maximum Gasteiger partial charge on any atom is 0.243 e. The van der Waals surface area contributed by atoms with Crippen LogP contribution in [0.5, 0.6) is 0 Å². The number of nitrogens with zero attached hydrogens (tertiary/aromatic N) is 1. The van der Waals surface area contributed by atoms with Gasteiger partial charge in [-0.15, -0.1) is 0 Å². The van der Waals surface area contributed by atoms with E-state index in [1.54, 1.807) is 25.3 Å². The number of rotatable bonds is 3. The molecular formula is C12H16ClNO3S. The lowest BCUT2D eigenvalue weighted by atomic mass is 10.1. The van der Waals surface area contributed by atoms with Crippen LogP contribution < -0.4 is 0 Å². The van der Waals surface area contributed by atoms with Gasteiger partial charge in [-0.05, 0) is 31.0 Å². The predicted octanol–water partition coefficient (Wildman–Crippen LogP) is 2.14. The minimum absolute atomic E-state index is 0.163. The molecule has 0 spiro atoms. The highest BCUT2D eigenvalue weighted by Gasteiger charge is 2.29. The molecule has 4 nitrogen and oxygen atoms in total. The molecule has 0 saturated carbocycles. The van der Waals surface area contributed by atoms with Crippen molar-refractivity contribution < 1.29 is 13.2 Å². The van der Waals surface area contributed by atoms with Gasteiger partial charge in [0.15, 0.2) is 0 Å². The average molecular weight is 290 g/mol. The first-order valence-electron chi connectivity index (χ1n) is 5.82. The number of benzene rings is 1. The Hall–Kier alpha value is -0.620. The van der Waals surface area contributed by atoms with Crippen molar-refractivity contribution in [3.8, 4) is 0 Å². The molecule has 0 atom stereocenters. The number of piperidine rings is 1. The van der Waals surface area contributed by atoms with E-state index in [1.807, 2.05) is 0 Å². The van der Waals surface area contributed by atoms with Crippen molar-refractivity contribution in [3.63, 3.8) is 0 Å². The minimum atomic E-state index is -3.42. The van der Waals surface area contributed by atoms with Crippen molar-refractivity contribution in [2.45, 2.75) is 23.8 Å². The van der Waals surface area contributed by atoms with Crippen LogP contribution >= 0.6 is 11.6 Å². The lowest BCUT2D eigenvalue weighted by Gasteiger charge is -2.30. The highest BCUT2D eigenvalue weighted by Crippen LogP contribution is 2.23. The van der Waals surface area contributed by atoms with Gasteiger partial charge >= 0.3 is 0 Å². The smallest absolute Gasteiger partial charge is 0.243 e. The number of hydrogen-bond donors (Lipinski definition) is 0. The molecule has 0 N–H and O–H groups in total. The van der Waals surface area contributed by atoms with E-state index in [0.717, 1.165) is 12.8 Å². The van der Waals surface area contributed by atoms with Crippen LogP contribution in [0.2, 0.25) is 5.02 Å². The molecule has 1 saturated heterocycles. The van der Waals surface area contributed by atoms with Crippen molar-refractivity contribution in [1.82, 2.24) is 4.31 Å². The van der Waals surface area contributed by atoms with Gasteiger partial charge in [0.05, 0.1) is 11.0 Å². The van der Waals surface area contributed by atoms with Crippen molar-refractivity contribution in [3.05, 3.63) is 29.3 Å². The Kier molecular flexibility index (Phi) is 4.27. The number of sulfonamides is 1. The summed E-state index contributed by atoms with van der Waals surface area (Å²) >= 11 is 5.83. The van der Waals surface area contributed by atoms with E-state index in [4.69, 9.17) is 16.3 Å². The predicted molar refractivity (Wildman–Crippen MR) is 70.2 cm³/mol. The van der Waals surface area contributed by atoms with E-state index in [0.29, 0.717) is 18.1 Å². The zero-order valence-corrected chi connectivity index (χ0v) is 11.7. The second-order valence-corrected chi connectivity index (χ2v) is 6.67. The van der Waals surface area contributed by atoms with Gasteiger partial charge in [0.2, 0.25) is 10.0 Å². The summed E-state index contributed by atoms with van der Waals surface area (Å²) in [6.07, 6.45) is 1.63. The summed E-state index contributed by atoms with van der Waals surface area (Å²) in [6, 6.07) is 6.37. The van der Waals surface area contributed by atoms with Gasteiger partial charge in [0.1, 0.15) is 0 Å². The van der Waals surface area contributed by atoms with Crippen LogP contribution in [0, 0.1) is 0 Å². The third-order valence-electron chi connectivity index (χ3n) is 3.17. The Bertz CT molecular complexity index is 510. The summed E-state index contributed by atoms with van der Waals surface area (Å²) in [5, 5.41) is 0.433. The van der Waals surface area contributed by atoms with E-state index in [1.165, 1.54) is 10.4 Å². The summed E-state index contributed by atoms with van der Waals surface area (Å²) in [5.41, 5.74) is 0. The number of hydrogen-bond acceptors (Lipinski definition) is 3.